The maximum Gasteiger partial charge on any atom is 2.00 e. The maximum atomic E-state index is 5.14. The molecule has 5 fully saturated rings. The molecular formula is C30H50N6Ni-4. The Bertz CT molecular complexity index is 614. The molecule has 0 aromatic heterocycles. The van der Waals surface area contributed by atoms with Crippen LogP contribution < -0.4 is 0 Å². The molecule has 37 heavy (non-hydrogen) atoms. The summed E-state index contributed by atoms with van der Waals surface area (Å²) in [5.74, 6) is 0. The number of hydrogen-bond acceptors (Lipinski definition) is 0. The van der Waals surface area contributed by atoms with Crippen molar-refractivity contribution in [3.05, 3.63) is 44.1 Å². The van der Waals surface area contributed by atoms with Crippen LogP contribution in [-0.2, 0) is 16.5 Å². The Morgan fingerprint density at radius 3 is 1.30 bits per heavy atom. The van der Waals surface area contributed by atoms with Gasteiger partial charge in [0.25, 0.3) is 0 Å². The molecule has 0 aromatic rings. The van der Waals surface area contributed by atoms with Gasteiger partial charge in [0.2, 0.25) is 0 Å². The van der Waals surface area contributed by atoms with Crippen molar-refractivity contribution in [2.45, 2.75) is 151 Å². The van der Waals surface area contributed by atoms with E-state index in [0.717, 1.165) is 32.6 Å². The van der Waals surface area contributed by atoms with E-state index in [1.165, 1.54) is 96.3 Å². The largest absolute Gasteiger partial charge is 2.00 e. The van der Waals surface area contributed by atoms with Gasteiger partial charge in [0.1, 0.15) is 0 Å². The number of piperidine rings is 5. The van der Waals surface area contributed by atoms with Gasteiger partial charge in [-0.2, -0.15) is 30.2 Å². The minimum Gasteiger partial charge on any atom is -0.661 e. The summed E-state index contributed by atoms with van der Waals surface area (Å²) < 4.78 is 0. The van der Waals surface area contributed by atoms with Crippen LogP contribution >= 0.6 is 0 Å². The van der Waals surface area contributed by atoms with Crippen molar-refractivity contribution < 1.29 is 16.5 Å². The predicted molar refractivity (Wildman–Crippen MR) is 153 cm³/mol. The van der Waals surface area contributed by atoms with Crippen molar-refractivity contribution in [2.75, 3.05) is 26.2 Å². The average Bonchev–Trinajstić information content (AvgIpc) is 2.99. The summed E-state index contributed by atoms with van der Waals surface area (Å²) in [4.78, 5) is 0. The molecule has 0 N–H and O–H groups in total. The molecule has 0 aromatic carbocycles. The van der Waals surface area contributed by atoms with Crippen molar-refractivity contribution in [2.24, 2.45) is 0 Å². The molecular weight excluding hydrogens is 503 g/mol. The van der Waals surface area contributed by atoms with E-state index in [4.69, 9.17) is 31.9 Å². The number of hydrogen-bond donors (Lipinski definition) is 0. The molecule has 6 nitrogen and oxygen atoms in total. The molecule has 0 bridgehead atoms. The van der Waals surface area contributed by atoms with Gasteiger partial charge < -0.3 is 31.9 Å². The van der Waals surface area contributed by atoms with Crippen molar-refractivity contribution >= 4 is 0 Å². The summed E-state index contributed by atoms with van der Waals surface area (Å²) in [6.45, 7) is 4.26. The van der Waals surface area contributed by atoms with E-state index in [2.05, 4.69) is 12.2 Å². The Morgan fingerprint density at radius 1 is 0.405 bits per heavy atom. The van der Waals surface area contributed by atoms with E-state index in [-0.39, 0.29) is 16.5 Å². The zero-order valence-electron chi connectivity index (χ0n) is 22.9. The zero-order valence-corrected chi connectivity index (χ0v) is 23.9. The maximum absolute atomic E-state index is 5.14. The Hall–Kier alpha value is -0.00649. The van der Waals surface area contributed by atoms with Gasteiger partial charge in [0, 0.05) is 0 Å². The fourth-order valence-corrected chi connectivity index (χ4v) is 7.16. The van der Waals surface area contributed by atoms with Gasteiger partial charge in [-0.15, -0.1) is 50.4 Å². The van der Waals surface area contributed by atoms with Crippen molar-refractivity contribution in [3.8, 4) is 0 Å². The second-order valence-corrected chi connectivity index (χ2v) is 12.0. The molecule has 6 rings (SSSR count). The quantitative estimate of drug-likeness (QED) is 0.249. The van der Waals surface area contributed by atoms with E-state index < -0.39 is 0 Å². The van der Waals surface area contributed by atoms with Gasteiger partial charge in [0.05, 0.1) is 0 Å². The van der Waals surface area contributed by atoms with E-state index >= 15 is 0 Å². The minimum atomic E-state index is 0. The summed E-state index contributed by atoms with van der Waals surface area (Å²) in [6.07, 6.45) is 25.2. The second-order valence-electron chi connectivity index (χ2n) is 12.0. The molecule has 0 spiro atoms. The van der Waals surface area contributed by atoms with Gasteiger partial charge in [-0.3, -0.25) is 0 Å². The van der Waals surface area contributed by atoms with Crippen LogP contribution in [0.15, 0.2) is 12.2 Å². The monoisotopic (exact) mass is 552 g/mol. The van der Waals surface area contributed by atoms with Crippen LogP contribution in [0.1, 0.15) is 103 Å². The Labute approximate surface area is 237 Å². The molecule has 6 heterocycles. The molecule has 8 atom stereocenters. The first kappa shape index (κ1) is 30.0. The van der Waals surface area contributed by atoms with Crippen LogP contribution in [0.5, 0.6) is 0 Å². The first-order chi connectivity index (χ1) is 17.9. The summed E-state index contributed by atoms with van der Waals surface area (Å²) in [5, 5.41) is 29.3. The normalized spacial score (nSPS) is 41.1. The third-order valence-corrected chi connectivity index (χ3v) is 9.27. The van der Waals surface area contributed by atoms with Crippen molar-refractivity contribution in [1.29, 1.82) is 0 Å². The molecule has 0 saturated carbocycles. The summed E-state index contributed by atoms with van der Waals surface area (Å²) in [7, 11) is 0. The molecule has 7 heteroatoms. The van der Waals surface area contributed by atoms with Gasteiger partial charge in [0.15, 0.2) is 0 Å². The first-order valence-corrected chi connectivity index (χ1v) is 15.6. The first-order valence-electron chi connectivity index (χ1n) is 15.6. The summed E-state index contributed by atoms with van der Waals surface area (Å²) >= 11 is 0. The van der Waals surface area contributed by atoms with Crippen LogP contribution in [0.3, 0.4) is 0 Å². The van der Waals surface area contributed by atoms with Gasteiger partial charge in [-0.05, 0) is 0 Å². The Morgan fingerprint density at radius 2 is 0.838 bits per heavy atom. The number of rotatable bonds is 4. The topological polar surface area (TPSA) is 84.6 Å². The summed E-state index contributed by atoms with van der Waals surface area (Å²) in [6, 6.07) is 3.90. The van der Waals surface area contributed by atoms with Crippen molar-refractivity contribution in [1.82, 2.24) is 0 Å². The Balaban J connectivity index is 0.000000168. The Kier molecular flexibility index (Phi) is 13.2. The fourth-order valence-electron chi connectivity index (χ4n) is 7.16. The second kappa shape index (κ2) is 16.3. The molecule has 8 unspecified atom stereocenters. The zero-order chi connectivity index (χ0) is 24.4. The molecule has 0 radical (unpaired) electrons. The van der Waals surface area contributed by atoms with Crippen LogP contribution in [0.25, 0.3) is 31.9 Å². The molecule has 6 aliphatic rings. The predicted octanol–water partition coefficient (Wildman–Crippen LogP) is 8.04. The minimum absolute atomic E-state index is 0. The molecule has 5 saturated heterocycles. The molecule has 0 amide bonds. The van der Waals surface area contributed by atoms with Crippen LogP contribution in [0.2, 0.25) is 0 Å². The van der Waals surface area contributed by atoms with E-state index in [1.807, 2.05) is 0 Å². The standard InChI is InChI=1S/C15H26N3.C15H24N3.Ni/c2*1-3-10-16-12(6-1)14-8-5-9-15(18-14)13-7-2-4-11-17-13;/h12-15H,1-11H2;5,8,12-15H,1-4,6-7,9-11H2;/q2*-3;+2. The molecule has 214 valence electrons. The summed E-state index contributed by atoms with van der Waals surface area (Å²) in [5.41, 5.74) is 0. The molecule has 0 aliphatic carbocycles. The average molecular weight is 553 g/mol. The van der Waals surface area contributed by atoms with Crippen LogP contribution in [0.4, 0.5) is 0 Å². The van der Waals surface area contributed by atoms with E-state index in [9.17, 15) is 0 Å². The third kappa shape index (κ3) is 9.00. The SMILES string of the molecule is C1=CC(C2CCCC[N-]2)[N-]C(C2CCCC[N-]2)C1.C1CCC(C2CCCC(C3CCCC[N-]3)[N-]2)[N-]C1.[Ni+2]. The van der Waals surface area contributed by atoms with Gasteiger partial charge in [-0.1, -0.05) is 109 Å². The van der Waals surface area contributed by atoms with Gasteiger partial charge >= 0.3 is 16.5 Å². The van der Waals surface area contributed by atoms with Crippen LogP contribution in [-0.4, -0.2) is 74.5 Å². The van der Waals surface area contributed by atoms with Crippen molar-refractivity contribution in [3.63, 3.8) is 0 Å². The van der Waals surface area contributed by atoms with Gasteiger partial charge in [-0.25, -0.2) is 0 Å². The van der Waals surface area contributed by atoms with E-state index in [1.54, 1.807) is 0 Å². The molecule has 6 aliphatic heterocycles. The van der Waals surface area contributed by atoms with E-state index in [0.29, 0.717) is 48.3 Å². The number of nitrogens with zero attached hydrogens (tertiary/aromatic N) is 6. The smallest absolute Gasteiger partial charge is 0.661 e. The fraction of sp³-hybridized carbons (Fsp3) is 0.933. The van der Waals surface area contributed by atoms with Crippen LogP contribution in [0, 0.1) is 0 Å². The third-order valence-electron chi connectivity index (χ3n) is 9.27.